The van der Waals surface area contributed by atoms with Crippen LogP contribution < -0.4 is 0 Å². The number of aliphatic hydroxyl groups excluding tert-OH is 2. The lowest BCUT2D eigenvalue weighted by molar-refractivity contribution is 0.103. The molecule has 0 bridgehead atoms. The number of thioether (sulfide) groups is 1. The fourth-order valence-corrected chi connectivity index (χ4v) is 1.40. The Labute approximate surface area is 52.2 Å². The van der Waals surface area contributed by atoms with E-state index in [0.717, 1.165) is 5.57 Å². The van der Waals surface area contributed by atoms with Gasteiger partial charge in [-0.3, -0.25) is 0 Å². The Balaban J connectivity index is 2.59. The zero-order valence-corrected chi connectivity index (χ0v) is 5.35. The third-order valence-corrected chi connectivity index (χ3v) is 2.17. The van der Waals surface area contributed by atoms with E-state index in [2.05, 4.69) is 0 Å². The van der Waals surface area contributed by atoms with Crippen molar-refractivity contribution in [1.82, 2.24) is 0 Å². The lowest BCUT2D eigenvalue weighted by Crippen LogP contribution is -2.18. The van der Waals surface area contributed by atoms with E-state index in [-0.39, 0.29) is 0 Å². The third-order valence-electron chi connectivity index (χ3n) is 1.13. The lowest BCUT2D eigenvalue weighted by Gasteiger charge is -2.06. The van der Waals surface area contributed by atoms with E-state index in [4.69, 9.17) is 10.2 Å². The van der Waals surface area contributed by atoms with E-state index in [1.807, 2.05) is 0 Å². The monoisotopic (exact) mass is 132 g/mol. The molecule has 0 unspecified atom stereocenters. The van der Waals surface area contributed by atoms with Gasteiger partial charge in [0, 0.05) is 0 Å². The highest BCUT2D eigenvalue weighted by molar-refractivity contribution is 8.02. The lowest BCUT2D eigenvalue weighted by atomic mass is 10.2. The van der Waals surface area contributed by atoms with Crippen LogP contribution in [0.2, 0.25) is 0 Å². The van der Waals surface area contributed by atoms with Crippen LogP contribution in [0.4, 0.5) is 0 Å². The van der Waals surface area contributed by atoms with E-state index in [0.29, 0.717) is 0 Å². The summed E-state index contributed by atoms with van der Waals surface area (Å²) < 4.78 is 0. The van der Waals surface area contributed by atoms with Gasteiger partial charge in [0.15, 0.2) is 0 Å². The zero-order chi connectivity index (χ0) is 6.15. The quantitative estimate of drug-likeness (QED) is 0.498. The summed E-state index contributed by atoms with van der Waals surface area (Å²) in [5.74, 6) is 0. The minimum absolute atomic E-state index is 0.630. The highest BCUT2D eigenvalue weighted by atomic mass is 32.2. The first-order chi connectivity index (χ1) is 3.72. The topological polar surface area (TPSA) is 40.5 Å². The number of hydrogen-bond donors (Lipinski definition) is 2. The normalized spacial score (nSPS) is 37.6. The highest BCUT2D eigenvalue weighted by Gasteiger charge is 2.22. The molecule has 46 valence electrons. The largest absolute Gasteiger partial charge is 0.385 e. The zero-order valence-electron chi connectivity index (χ0n) is 4.53. The number of rotatable bonds is 0. The van der Waals surface area contributed by atoms with Gasteiger partial charge in [-0.1, -0.05) is 11.8 Å². The van der Waals surface area contributed by atoms with Gasteiger partial charge < -0.3 is 10.2 Å². The van der Waals surface area contributed by atoms with Crippen molar-refractivity contribution in [2.24, 2.45) is 0 Å². The molecule has 3 heteroatoms. The second-order valence-electron chi connectivity index (χ2n) is 1.83. The summed E-state index contributed by atoms with van der Waals surface area (Å²) in [4.78, 5) is 0. The smallest absolute Gasteiger partial charge is 0.133 e. The fourth-order valence-electron chi connectivity index (χ4n) is 0.546. The molecule has 0 spiro atoms. The van der Waals surface area contributed by atoms with Gasteiger partial charge in [0.1, 0.15) is 11.5 Å². The van der Waals surface area contributed by atoms with Crippen LogP contribution in [0.15, 0.2) is 11.0 Å². The molecular formula is C5H8O2S. The molecule has 8 heavy (non-hydrogen) atoms. The van der Waals surface area contributed by atoms with Crippen LogP contribution >= 0.6 is 11.8 Å². The van der Waals surface area contributed by atoms with Crippen LogP contribution in [0, 0.1) is 0 Å². The van der Waals surface area contributed by atoms with Crippen molar-refractivity contribution in [2.45, 2.75) is 18.5 Å². The van der Waals surface area contributed by atoms with Crippen molar-refractivity contribution in [3.63, 3.8) is 0 Å². The van der Waals surface area contributed by atoms with E-state index < -0.39 is 11.5 Å². The summed E-state index contributed by atoms with van der Waals surface area (Å²) in [5, 5.41) is 19.5. The molecule has 1 rings (SSSR count). The maximum absolute atomic E-state index is 8.93. The molecule has 0 aromatic rings. The van der Waals surface area contributed by atoms with Crippen LogP contribution in [-0.4, -0.2) is 21.8 Å². The molecule has 2 N–H and O–H groups in total. The Morgan fingerprint density at radius 2 is 2.25 bits per heavy atom. The molecular weight excluding hydrogens is 124 g/mol. The van der Waals surface area contributed by atoms with Crippen LogP contribution in [0.25, 0.3) is 0 Å². The van der Waals surface area contributed by atoms with Crippen LogP contribution in [0.3, 0.4) is 0 Å². The second kappa shape index (κ2) is 2.09. The van der Waals surface area contributed by atoms with E-state index in [1.165, 1.54) is 11.8 Å². The fraction of sp³-hybridized carbons (Fsp3) is 0.600. The molecule has 0 aromatic carbocycles. The summed E-state index contributed by atoms with van der Waals surface area (Å²) in [6.07, 6.45) is -0.639. The summed E-state index contributed by atoms with van der Waals surface area (Å²) in [6, 6.07) is 0. The van der Waals surface area contributed by atoms with E-state index in [9.17, 15) is 0 Å². The minimum Gasteiger partial charge on any atom is -0.385 e. The number of aliphatic hydroxyl groups is 2. The Kier molecular flexibility index (Phi) is 1.60. The van der Waals surface area contributed by atoms with Gasteiger partial charge in [-0.2, -0.15) is 0 Å². The van der Waals surface area contributed by atoms with Crippen LogP contribution in [-0.2, 0) is 0 Å². The third kappa shape index (κ3) is 0.891. The van der Waals surface area contributed by atoms with Crippen molar-refractivity contribution in [3.8, 4) is 0 Å². The van der Waals surface area contributed by atoms with Gasteiger partial charge in [-0.15, -0.1) is 0 Å². The molecule has 0 radical (unpaired) electrons. The maximum atomic E-state index is 8.93. The molecule has 2 nitrogen and oxygen atoms in total. The van der Waals surface area contributed by atoms with Gasteiger partial charge in [0.05, 0.1) is 0 Å². The average molecular weight is 132 g/mol. The van der Waals surface area contributed by atoms with Gasteiger partial charge in [-0.25, -0.2) is 0 Å². The second-order valence-corrected chi connectivity index (χ2v) is 2.82. The molecule has 2 atom stereocenters. The molecule has 1 aliphatic rings. The molecule has 0 aliphatic carbocycles. The molecule has 1 aliphatic heterocycles. The molecule has 0 fully saturated rings. The Hall–Kier alpha value is 0.01000. The summed E-state index contributed by atoms with van der Waals surface area (Å²) in [5.41, 5.74) is 0.220. The highest BCUT2D eigenvalue weighted by Crippen LogP contribution is 2.27. The molecule has 0 amide bonds. The SMILES string of the molecule is CC1=CS[C@H](O)[C@@H]1O. The minimum atomic E-state index is -0.639. The van der Waals surface area contributed by atoms with E-state index in [1.54, 1.807) is 12.3 Å². The summed E-state index contributed by atoms with van der Waals surface area (Å²) >= 11 is 1.26. The Morgan fingerprint density at radius 1 is 1.62 bits per heavy atom. The van der Waals surface area contributed by atoms with Gasteiger partial charge in [0.2, 0.25) is 0 Å². The van der Waals surface area contributed by atoms with Gasteiger partial charge in [-0.05, 0) is 17.9 Å². The van der Waals surface area contributed by atoms with Crippen molar-refractivity contribution < 1.29 is 10.2 Å². The van der Waals surface area contributed by atoms with Crippen LogP contribution in [0.5, 0.6) is 0 Å². The van der Waals surface area contributed by atoms with Crippen molar-refractivity contribution >= 4 is 11.8 Å². The average Bonchev–Trinajstić information content (AvgIpc) is 1.98. The van der Waals surface area contributed by atoms with E-state index >= 15 is 0 Å². The van der Waals surface area contributed by atoms with Gasteiger partial charge >= 0.3 is 0 Å². The molecule has 0 aromatic heterocycles. The first kappa shape index (κ1) is 6.13. The van der Waals surface area contributed by atoms with Crippen molar-refractivity contribution in [3.05, 3.63) is 11.0 Å². The predicted molar refractivity (Wildman–Crippen MR) is 33.4 cm³/mol. The Bertz CT molecular complexity index is 122. The predicted octanol–water partition coefficient (Wildman–Crippen LogP) is 0.316. The number of hydrogen-bond acceptors (Lipinski definition) is 3. The summed E-state index contributed by atoms with van der Waals surface area (Å²) in [6.45, 7) is 1.80. The summed E-state index contributed by atoms with van der Waals surface area (Å²) in [7, 11) is 0. The van der Waals surface area contributed by atoms with Crippen molar-refractivity contribution in [2.75, 3.05) is 0 Å². The van der Waals surface area contributed by atoms with Gasteiger partial charge in [0.25, 0.3) is 0 Å². The van der Waals surface area contributed by atoms with Crippen molar-refractivity contribution in [1.29, 1.82) is 0 Å². The standard InChI is InChI=1S/C5H8O2S/c1-3-2-8-5(7)4(3)6/h2,4-7H,1H3/t4-,5+/m1/s1. The maximum Gasteiger partial charge on any atom is 0.133 e. The molecule has 0 saturated carbocycles. The molecule has 0 saturated heterocycles. The Morgan fingerprint density at radius 3 is 2.38 bits per heavy atom. The first-order valence-corrected chi connectivity index (χ1v) is 3.34. The van der Waals surface area contributed by atoms with Crippen LogP contribution in [0.1, 0.15) is 6.92 Å². The first-order valence-electron chi connectivity index (χ1n) is 2.40. The molecule has 1 heterocycles.